The van der Waals surface area contributed by atoms with Gasteiger partial charge in [-0.2, -0.15) is 0 Å². The molecule has 0 saturated heterocycles. The highest BCUT2D eigenvalue weighted by atomic mass is 35.5. The van der Waals surface area contributed by atoms with E-state index in [1.807, 2.05) is 36.6 Å². The molecule has 28 heavy (non-hydrogen) atoms. The van der Waals surface area contributed by atoms with E-state index in [1.165, 1.54) is 11.3 Å². The number of carbonyl (C=O) groups excluding carboxylic acids is 1. The Morgan fingerprint density at radius 3 is 2.68 bits per heavy atom. The third-order valence-electron chi connectivity index (χ3n) is 4.31. The van der Waals surface area contributed by atoms with Crippen molar-refractivity contribution in [3.05, 3.63) is 74.7 Å². The second-order valence-corrected chi connectivity index (χ2v) is 8.27. The Balaban J connectivity index is 1.59. The number of aryl methyl sites for hydroxylation is 1. The standard InChI is InChI=1S/C22H23ClN2O2S/c1-14(2)19-6-4-5-15(3)22(19)25-20(26)11-17-13-28-21(24-17)12-27-18-9-7-16(23)8-10-18/h4-10,13-14H,11-12H2,1-3H3,(H,25,26). The number of para-hydroxylation sites is 1. The van der Waals surface area contributed by atoms with Gasteiger partial charge >= 0.3 is 0 Å². The van der Waals surface area contributed by atoms with Crippen LogP contribution in [0.1, 0.15) is 41.6 Å². The maximum atomic E-state index is 12.5. The van der Waals surface area contributed by atoms with Gasteiger partial charge in [0.1, 0.15) is 17.4 Å². The number of nitrogens with zero attached hydrogens (tertiary/aromatic N) is 1. The summed E-state index contributed by atoms with van der Waals surface area (Å²) in [6.45, 7) is 6.62. The number of hydrogen-bond donors (Lipinski definition) is 1. The Morgan fingerprint density at radius 1 is 1.21 bits per heavy atom. The average Bonchev–Trinajstić information content (AvgIpc) is 3.10. The summed E-state index contributed by atoms with van der Waals surface area (Å²) in [5.41, 5.74) is 3.86. The van der Waals surface area contributed by atoms with E-state index in [1.54, 1.807) is 12.1 Å². The molecular formula is C22H23ClN2O2S. The van der Waals surface area contributed by atoms with E-state index in [9.17, 15) is 4.79 Å². The lowest BCUT2D eigenvalue weighted by atomic mass is 9.98. The predicted octanol–water partition coefficient (Wildman–Crippen LogP) is 5.99. The van der Waals surface area contributed by atoms with Gasteiger partial charge in [-0.15, -0.1) is 11.3 Å². The third-order valence-corrected chi connectivity index (χ3v) is 5.43. The van der Waals surface area contributed by atoms with Crippen LogP contribution in [-0.4, -0.2) is 10.9 Å². The molecule has 1 heterocycles. The summed E-state index contributed by atoms with van der Waals surface area (Å²) in [5.74, 6) is 1.01. The molecule has 3 aromatic rings. The molecule has 0 bridgehead atoms. The highest BCUT2D eigenvalue weighted by Crippen LogP contribution is 2.27. The summed E-state index contributed by atoms with van der Waals surface area (Å²) in [5, 5.41) is 6.47. The van der Waals surface area contributed by atoms with E-state index in [0.717, 1.165) is 33.3 Å². The van der Waals surface area contributed by atoms with Crippen molar-refractivity contribution in [3.63, 3.8) is 0 Å². The Hall–Kier alpha value is -2.37. The van der Waals surface area contributed by atoms with Crippen LogP contribution in [0.2, 0.25) is 5.02 Å². The second kappa shape index (κ2) is 9.22. The number of halogens is 1. The van der Waals surface area contributed by atoms with E-state index in [4.69, 9.17) is 16.3 Å². The Morgan fingerprint density at radius 2 is 1.96 bits per heavy atom. The van der Waals surface area contributed by atoms with Gasteiger partial charge in [0.2, 0.25) is 5.91 Å². The van der Waals surface area contributed by atoms with Crippen LogP contribution in [0.5, 0.6) is 5.75 Å². The molecule has 0 atom stereocenters. The van der Waals surface area contributed by atoms with Crippen LogP contribution in [0.15, 0.2) is 47.8 Å². The summed E-state index contributed by atoms with van der Waals surface area (Å²) in [4.78, 5) is 17.1. The summed E-state index contributed by atoms with van der Waals surface area (Å²) in [7, 11) is 0. The summed E-state index contributed by atoms with van der Waals surface area (Å²) in [6, 6.07) is 13.3. The molecule has 4 nitrogen and oxygen atoms in total. The minimum absolute atomic E-state index is 0.0633. The fourth-order valence-electron chi connectivity index (χ4n) is 2.86. The fraction of sp³-hybridized carbons (Fsp3) is 0.273. The van der Waals surface area contributed by atoms with Crippen molar-refractivity contribution >= 4 is 34.5 Å². The molecule has 2 aromatic carbocycles. The van der Waals surface area contributed by atoms with E-state index < -0.39 is 0 Å². The van der Waals surface area contributed by atoms with Crippen LogP contribution >= 0.6 is 22.9 Å². The Kier molecular flexibility index (Phi) is 6.70. The van der Waals surface area contributed by atoms with Crippen LogP contribution in [0.3, 0.4) is 0 Å². The molecule has 0 saturated carbocycles. The monoisotopic (exact) mass is 414 g/mol. The van der Waals surface area contributed by atoms with Gasteiger partial charge in [-0.3, -0.25) is 4.79 Å². The van der Waals surface area contributed by atoms with Gasteiger partial charge < -0.3 is 10.1 Å². The van der Waals surface area contributed by atoms with Gasteiger partial charge in [-0.1, -0.05) is 43.6 Å². The van der Waals surface area contributed by atoms with Crippen LogP contribution < -0.4 is 10.1 Å². The van der Waals surface area contributed by atoms with E-state index in [-0.39, 0.29) is 12.3 Å². The first-order valence-corrected chi connectivity index (χ1v) is 10.4. The molecule has 0 aliphatic rings. The molecule has 0 aliphatic carbocycles. The molecule has 1 N–H and O–H groups in total. The van der Waals surface area contributed by atoms with Gasteiger partial charge in [0.05, 0.1) is 12.1 Å². The van der Waals surface area contributed by atoms with Crippen molar-refractivity contribution in [2.75, 3.05) is 5.32 Å². The number of benzene rings is 2. The lowest BCUT2D eigenvalue weighted by molar-refractivity contribution is -0.115. The number of thiazole rings is 1. The predicted molar refractivity (Wildman–Crippen MR) is 115 cm³/mol. The molecule has 146 valence electrons. The van der Waals surface area contributed by atoms with Crippen molar-refractivity contribution in [1.82, 2.24) is 4.98 Å². The van der Waals surface area contributed by atoms with Gasteiger partial charge in [0.25, 0.3) is 0 Å². The van der Waals surface area contributed by atoms with Crippen molar-refractivity contribution < 1.29 is 9.53 Å². The lowest BCUT2D eigenvalue weighted by Gasteiger charge is -2.16. The minimum atomic E-state index is -0.0633. The fourth-order valence-corrected chi connectivity index (χ4v) is 3.69. The molecular weight excluding hydrogens is 392 g/mol. The molecule has 3 rings (SSSR count). The summed E-state index contributed by atoms with van der Waals surface area (Å²) >= 11 is 7.36. The van der Waals surface area contributed by atoms with Crippen LogP contribution in [0.4, 0.5) is 5.69 Å². The van der Waals surface area contributed by atoms with Gasteiger partial charge in [0.15, 0.2) is 0 Å². The molecule has 0 fully saturated rings. The molecule has 0 aliphatic heterocycles. The number of amides is 1. The van der Waals surface area contributed by atoms with E-state index in [0.29, 0.717) is 17.5 Å². The van der Waals surface area contributed by atoms with Crippen molar-refractivity contribution in [2.45, 2.75) is 39.7 Å². The number of nitrogens with one attached hydrogen (secondary N) is 1. The molecule has 0 radical (unpaired) electrons. The first kappa shape index (κ1) is 20.4. The maximum Gasteiger partial charge on any atom is 0.230 e. The topological polar surface area (TPSA) is 51.2 Å². The second-order valence-electron chi connectivity index (χ2n) is 6.89. The van der Waals surface area contributed by atoms with Crippen molar-refractivity contribution in [2.24, 2.45) is 0 Å². The van der Waals surface area contributed by atoms with Gasteiger partial charge in [0, 0.05) is 16.1 Å². The Bertz CT molecular complexity index is 951. The number of rotatable bonds is 7. The zero-order valence-corrected chi connectivity index (χ0v) is 17.7. The van der Waals surface area contributed by atoms with Crippen LogP contribution in [0, 0.1) is 6.92 Å². The number of hydrogen-bond acceptors (Lipinski definition) is 4. The Labute approximate surface area is 174 Å². The van der Waals surface area contributed by atoms with Crippen LogP contribution in [0.25, 0.3) is 0 Å². The molecule has 1 aromatic heterocycles. The van der Waals surface area contributed by atoms with Gasteiger partial charge in [-0.25, -0.2) is 4.98 Å². The third kappa shape index (κ3) is 5.33. The van der Waals surface area contributed by atoms with Gasteiger partial charge in [-0.05, 0) is 48.2 Å². The van der Waals surface area contributed by atoms with E-state index >= 15 is 0 Å². The van der Waals surface area contributed by atoms with Crippen molar-refractivity contribution in [3.8, 4) is 5.75 Å². The summed E-state index contributed by atoms with van der Waals surface area (Å²) < 4.78 is 5.71. The lowest BCUT2D eigenvalue weighted by Crippen LogP contribution is -2.17. The molecule has 1 amide bonds. The van der Waals surface area contributed by atoms with Crippen molar-refractivity contribution in [1.29, 1.82) is 0 Å². The highest BCUT2D eigenvalue weighted by molar-refractivity contribution is 7.09. The highest BCUT2D eigenvalue weighted by Gasteiger charge is 2.14. The number of carbonyl (C=O) groups is 1. The zero-order valence-electron chi connectivity index (χ0n) is 16.2. The first-order chi connectivity index (χ1) is 13.4. The largest absolute Gasteiger partial charge is 0.486 e. The maximum absolute atomic E-state index is 12.5. The average molecular weight is 415 g/mol. The smallest absolute Gasteiger partial charge is 0.230 e. The number of anilines is 1. The zero-order chi connectivity index (χ0) is 20.1. The first-order valence-electron chi connectivity index (χ1n) is 9.13. The molecule has 0 spiro atoms. The molecule has 0 unspecified atom stereocenters. The van der Waals surface area contributed by atoms with Crippen LogP contribution in [-0.2, 0) is 17.8 Å². The normalized spacial score (nSPS) is 10.9. The minimum Gasteiger partial charge on any atom is -0.486 e. The summed E-state index contributed by atoms with van der Waals surface area (Å²) in [6.07, 6.45) is 0.239. The number of ether oxygens (including phenoxy) is 1. The van der Waals surface area contributed by atoms with E-state index in [2.05, 4.69) is 30.2 Å². The number of aromatic nitrogens is 1. The molecule has 6 heteroatoms. The SMILES string of the molecule is Cc1cccc(C(C)C)c1NC(=O)Cc1csc(COc2ccc(Cl)cc2)n1. The quantitative estimate of drug-likeness (QED) is 0.516.